The zero-order chi connectivity index (χ0) is 17.1. The number of hydrogen-bond acceptors (Lipinski definition) is 4. The largest absolute Gasteiger partial charge is 0.335 e. The molecule has 0 saturated heterocycles. The van der Waals surface area contributed by atoms with Gasteiger partial charge in [-0.1, -0.05) is 23.7 Å². The second kappa shape index (κ2) is 6.80. The number of carbonyl (C=O) groups is 1. The number of benzene rings is 1. The molecule has 3 rings (SSSR count). The number of hydrogen-bond donors (Lipinski definition) is 0. The molecule has 2 heterocycles. The van der Waals surface area contributed by atoms with E-state index in [1.54, 1.807) is 30.3 Å². The van der Waals surface area contributed by atoms with Crippen LogP contribution >= 0.6 is 11.6 Å². The Labute approximate surface area is 144 Å². The molecule has 122 valence electrons. The summed E-state index contributed by atoms with van der Waals surface area (Å²) in [4.78, 5) is 22.6. The van der Waals surface area contributed by atoms with Gasteiger partial charge in [-0.2, -0.15) is 5.10 Å². The lowest BCUT2D eigenvalue weighted by molar-refractivity contribution is 0.0742. The van der Waals surface area contributed by atoms with Crippen molar-refractivity contribution in [1.29, 1.82) is 0 Å². The Hall–Kier alpha value is -2.73. The molecule has 0 spiro atoms. The van der Waals surface area contributed by atoms with E-state index in [9.17, 15) is 4.79 Å². The van der Waals surface area contributed by atoms with Crippen LogP contribution in [0.1, 0.15) is 28.9 Å². The molecule has 2 aromatic heterocycles. The lowest BCUT2D eigenvalue weighted by atomic mass is 10.1. The van der Waals surface area contributed by atoms with Gasteiger partial charge in [-0.25, -0.2) is 14.6 Å². The van der Waals surface area contributed by atoms with E-state index in [0.717, 1.165) is 5.56 Å². The second-order valence-corrected chi connectivity index (χ2v) is 5.82. The molecule has 0 saturated carbocycles. The van der Waals surface area contributed by atoms with Crippen LogP contribution in [0, 0.1) is 0 Å². The van der Waals surface area contributed by atoms with Crippen LogP contribution in [0.2, 0.25) is 5.02 Å². The molecule has 1 amide bonds. The SMILES string of the molecule is C[C@@H](c1ccc(Cl)cc1)N(C)C(=O)c1ccnc(-n2cncn2)c1. The zero-order valence-corrected chi connectivity index (χ0v) is 14.1. The summed E-state index contributed by atoms with van der Waals surface area (Å²) < 4.78 is 1.51. The van der Waals surface area contributed by atoms with E-state index in [2.05, 4.69) is 15.1 Å². The van der Waals surface area contributed by atoms with Gasteiger partial charge in [0, 0.05) is 23.8 Å². The Morgan fingerprint density at radius 1 is 1.25 bits per heavy atom. The zero-order valence-electron chi connectivity index (χ0n) is 13.3. The molecule has 0 aliphatic rings. The van der Waals surface area contributed by atoms with Gasteiger partial charge in [0.25, 0.3) is 5.91 Å². The number of pyridine rings is 1. The maximum atomic E-state index is 12.8. The van der Waals surface area contributed by atoms with Crippen molar-refractivity contribution < 1.29 is 4.79 Å². The van der Waals surface area contributed by atoms with E-state index < -0.39 is 0 Å². The van der Waals surface area contributed by atoms with E-state index in [1.165, 1.54) is 17.3 Å². The lowest BCUT2D eigenvalue weighted by Crippen LogP contribution is -2.29. The normalized spacial score (nSPS) is 12.0. The van der Waals surface area contributed by atoms with Gasteiger partial charge in [0.2, 0.25) is 0 Å². The quantitative estimate of drug-likeness (QED) is 0.731. The van der Waals surface area contributed by atoms with Crippen LogP contribution in [0.25, 0.3) is 5.82 Å². The van der Waals surface area contributed by atoms with E-state index in [1.807, 2.05) is 31.2 Å². The van der Waals surface area contributed by atoms with E-state index >= 15 is 0 Å². The summed E-state index contributed by atoms with van der Waals surface area (Å²) >= 11 is 5.92. The first-order chi connectivity index (χ1) is 11.6. The van der Waals surface area contributed by atoms with Crippen LogP contribution < -0.4 is 0 Å². The molecule has 3 aromatic rings. The number of rotatable bonds is 4. The highest BCUT2D eigenvalue weighted by molar-refractivity contribution is 6.30. The first-order valence-corrected chi connectivity index (χ1v) is 7.78. The summed E-state index contributed by atoms with van der Waals surface area (Å²) in [7, 11) is 1.77. The Kier molecular flexibility index (Phi) is 4.57. The Morgan fingerprint density at radius 2 is 2.00 bits per heavy atom. The van der Waals surface area contributed by atoms with Crippen LogP contribution in [-0.2, 0) is 0 Å². The van der Waals surface area contributed by atoms with Gasteiger partial charge in [0.1, 0.15) is 12.7 Å². The van der Waals surface area contributed by atoms with Crippen LogP contribution in [-0.4, -0.2) is 37.6 Å². The summed E-state index contributed by atoms with van der Waals surface area (Å²) in [6.45, 7) is 1.97. The fourth-order valence-electron chi connectivity index (χ4n) is 2.35. The predicted octanol–water partition coefficient (Wildman–Crippen LogP) is 3.15. The van der Waals surface area contributed by atoms with E-state index in [0.29, 0.717) is 16.4 Å². The summed E-state index contributed by atoms with van der Waals surface area (Å²) in [6, 6.07) is 10.8. The van der Waals surface area contributed by atoms with Crippen LogP contribution in [0.15, 0.2) is 55.2 Å². The first kappa shape index (κ1) is 16.1. The van der Waals surface area contributed by atoms with Crippen LogP contribution in [0.5, 0.6) is 0 Å². The Morgan fingerprint density at radius 3 is 2.67 bits per heavy atom. The maximum Gasteiger partial charge on any atom is 0.254 e. The average molecular weight is 342 g/mol. The highest BCUT2D eigenvalue weighted by Crippen LogP contribution is 2.22. The summed E-state index contributed by atoms with van der Waals surface area (Å²) in [5.41, 5.74) is 1.56. The smallest absolute Gasteiger partial charge is 0.254 e. The molecular weight excluding hydrogens is 326 g/mol. The van der Waals surface area contributed by atoms with Gasteiger partial charge < -0.3 is 4.90 Å². The van der Waals surface area contributed by atoms with Crippen molar-refractivity contribution in [3.63, 3.8) is 0 Å². The molecule has 0 fully saturated rings. The van der Waals surface area contributed by atoms with Gasteiger partial charge in [0.05, 0.1) is 6.04 Å². The third kappa shape index (κ3) is 3.28. The average Bonchev–Trinajstić information content (AvgIpc) is 3.15. The van der Waals surface area contributed by atoms with Crippen molar-refractivity contribution in [3.8, 4) is 5.82 Å². The summed E-state index contributed by atoms with van der Waals surface area (Å²) in [5, 5.41) is 4.70. The number of aromatic nitrogens is 4. The van der Waals surface area contributed by atoms with Crippen LogP contribution in [0.3, 0.4) is 0 Å². The van der Waals surface area contributed by atoms with Gasteiger partial charge in [-0.05, 0) is 36.8 Å². The third-order valence-corrected chi connectivity index (χ3v) is 4.15. The fraction of sp³-hybridized carbons (Fsp3) is 0.176. The number of nitrogens with zero attached hydrogens (tertiary/aromatic N) is 5. The van der Waals surface area contributed by atoms with Crippen molar-refractivity contribution in [1.82, 2.24) is 24.6 Å². The first-order valence-electron chi connectivity index (χ1n) is 7.40. The third-order valence-electron chi connectivity index (χ3n) is 3.90. The van der Waals surface area contributed by atoms with Crippen molar-refractivity contribution in [3.05, 3.63) is 71.4 Å². The van der Waals surface area contributed by atoms with Gasteiger partial charge in [-0.3, -0.25) is 4.79 Å². The van der Waals surface area contributed by atoms with Crippen molar-refractivity contribution >= 4 is 17.5 Å². The lowest BCUT2D eigenvalue weighted by Gasteiger charge is -2.25. The standard InChI is InChI=1S/C17H16ClN5O/c1-12(13-3-5-15(18)6-4-13)22(2)17(24)14-7-8-20-16(9-14)23-11-19-10-21-23/h3-12H,1-2H3/t12-/m0/s1. The minimum atomic E-state index is -0.0961. The Bertz CT molecular complexity index is 832. The molecule has 7 heteroatoms. The molecule has 0 N–H and O–H groups in total. The highest BCUT2D eigenvalue weighted by atomic mass is 35.5. The number of amides is 1. The molecule has 0 bridgehead atoms. The minimum Gasteiger partial charge on any atom is -0.335 e. The molecule has 0 aliphatic carbocycles. The highest BCUT2D eigenvalue weighted by Gasteiger charge is 2.19. The fourth-order valence-corrected chi connectivity index (χ4v) is 2.47. The monoisotopic (exact) mass is 341 g/mol. The second-order valence-electron chi connectivity index (χ2n) is 5.39. The molecule has 6 nitrogen and oxygen atoms in total. The molecule has 24 heavy (non-hydrogen) atoms. The van der Waals surface area contributed by atoms with E-state index in [4.69, 9.17) is 11.6 Å². The minimum absolute atomic E-state index is 0.0854. The van der Waals surface area contributed by atoms with Crippen LogP contribution in [0.4, 0.5) is 0 Å². The van der Waals surface area contributed by atoms with E-state index in [-0.39, 0.29) is 11.9 Å². The van der Waals surface area contributed by atoms with Crippen molar-refractivity contribution in [2.75, 3.05) is 7.05 Å². The molecule has 0 aliphatic heterocycles. The Balaban J connectivity index is 1.83. The van der Waals surface area contributed by atoms with Gasteiger partial charge in [0.15, 0.2) is 5.82 Å². The number of halogens is 1. The van der Waals surface area contributed by atoms with Crippen molar-refractivity contribution in [2.24, 2.45) is 0 Å². The summed E-state index contributed by atoms with van der Waals surface area (Å²) in [5.74, 6) is 0.451. The van der Waals surface area contributed by atoms with Gasteiger partial charge >= 0.3 is 0 Å². The van der Waals surface area contributed by atoms with Gasteiger partial charge in [-0.15, -0.1) is 0 Å². The molecule has 1 atom stereocenters. The molecular formula is C17H16ClN5O. The number of carbonyl (C=O) groups excluding carboxylic acids is 1. The predicted molar refractivity (Wildman–Crippen MR) is 91.1 cm³/mol. The molecule has 0 radical (unpaired) electrons. The molecule has 1 aromatic carbocycles. The molecule has 0 unspecified atom stereocenters. The topological polar surface area (TPSA) is 63.9 Å². The summed E-state index contributed by atoms with van der Waals surface area (Å²) in [6.07, 6.45) is 4.55. The van der Waals surface area contributed by atoms with Crippen molar-refractivity contribution in [2.45, 2.75) is 13.0 Å². The maximum absolute atomic E-state index is 12.8.